The van der Waals surface area contributed by atoms with E-state index in [0.29, 0.717) is 17.1 Å². The molecule has 1 aliphatic carbocycles. The fourth-order valence-corrected chi connectivity index (χ4v) is 2.54. The predicted octanol–water partition coefficient (Wildman–Crippen LogP) is 2.11. The summed E-state index contributed by atoms with van der Waals surface area (Å²) in [6.45, 7) is 0.372. The first-order valence-corrected chi connectivity index (χ1v) is 6.50. The van der Waals surface area contributed by atoms with Crippen molar-refractivity contribution < 1.29 is 14.7 Å². The molecule has 0 aromatic carbocycles. The van der Waals surface area contributed by atoms with Crippen molar-refractivity contribution in [1.29, 1.82) is 0 Å². The first-order valence-electron chi connectivity index (χ1n) is 6.12. The van der Waals surface area contributed by atoms with Crippen LogP contribution in [0.2, 0.25) is 5.02 Å². The van der Waals surface area contributed by atoms with Crippen molar-refractivity contribution in [2.75, 3.05) is 6.54 Å². The molecular formula is C13H15ClN2O3. The molecule has 5 nitrogen and oxygen atoms in total. The summed E-state index contributed by atoms with van der Waals surface area (Å²) in [6.07, 6.45) is 5.69. The maximum absolute atomic E-state index is 12.0. The van der Waals surface area contributed by atoms with E-state index in [1.807, 2.05) is 0 Å². The Bertz CT molecular complexity index is 500. The number of nitrogens with zero attached hydrogens (tertiary/aromatic N) is 1. The Labute approximate surface area is 116 Å². The summed E-state index contributed by atoms with van der Waals surface area (Å²) in [4.78, 5) is 26.6. The zero-order chi connectivity index (χ0) is 13.9. The van der Waals surface area contributed by atoms with Gasteiger partial charge in [0.25, 0.3) is 5.91 Å². The molecule has 1 amide bonds. The zero-order valence-electron chi connectivity index (χ0n) is 10.4. The van der Waals surface area contributed by atoms with Crippen molar-refractivity contribution in [3.8, 4) is 0 Å². The quantitative estimate of drug-likeness (QED) is 0.867. The highest BCUT2D eigenvalue weighted by molar-refractivity contribution is 6.33. The predicted molar refractivity (Wildman–Crippen MR) is 70.1 cm³/mol. The molecule has 102 valence electrons. The first kappa shape index (κ1) is 13.8. The van der Waals surface area contributed by atoms with Gasteiger partial charge in [0.1, 0.15) is 0 Å². The molecule has 1 heterocycles. The molecule has 0 spiro atoms. The monoisotopic (exact) mass is 282 g/mol. The van der Waals surface area contributed by atoms with Gasteiger partial charge in [-0.05, 0) is 24.3 Å². The van der Waals surface area contributed by atoms with Gasteiger partial charge in [-0.15, -0.1) is 0 Å². The number of hydrogen-bond donors (Lipinski definition) is 2. The minimum Gasteiger partial charge on any atom is -0.481 e. The first-order chi connectivity index (χ1) is 9.02. The number of carboxylic acids is 1. The van der Waals surface area contributed by atoms with Gasteiger partial charge in [0.15, 0.2) is 0 Å². The third kappa shape index (κ3) is 3.23. The lowest BCUT2D eigenvalue weighted by molar-refractivity contribution is -0.141. The Kier molecular flexibility index (Phi) is 4.04. The van der Waals surface area contributed by atoms with E-state index in [1.165, 1.54) is 12.4 Å². The van der Waals surface area contributed by atoms with Crippen LogP contribution >= 0.6 is 11.6 Å². The highest BCUT2D eigenvalue weighted by Gasteiger charge is 2.39. The average molecular weight is 283 g/mol. The molecule has 0 saturated heterocycles. The number of aliphatic carboxylic acids is 1. The summed E-state index contributed by atoms with van der Waals surface area (Å²) in [5.74, 6) is -1.11. The fourth-order valence-electron chi connectivity index (χ4n) is 2.34. The van der Waals surface area contributed by atoms with Crippen LogP contribution in [0.15, 0.2) is 18.5 Å². The summed E-state index contributed by atoms with van der Waals surface area (Å²) in [6, 6.07) is 1.54. The van der Waals surface area contributed by atoms with E-state index < -0.39 is 5.97 Å². The van der Waals surface area contributed by atoms with E-state index >= 15 is 0 Å². The number of hydrogen-bond acceptors (Lipinski definition) is 3. The molecule has 1 aliphatic rings. The smallest absolute Gasteiger partial charge is 0.303 e. The Hall–Kier alpha value is -1.62. The Morgan fingerprint density at radius 1 is 1.47 bits per heavy atom. The number of rotatable bonds is 5. The minimum atomic E-state index is -0.823. The highest BCUT2D eigenvalue weighted by atomic mass is 35.5. The molecule has 0 radical (unpaired) electrons. The van der Waals surface area contributed by atoms with E-state index in [2.05, 4.69) is 10.3 Å². The van der Waals surface area contributed by atoms with Gasteiger partial charge in [-0.25, -0.2) is 0 Å². The van der Waals surface area contributed by atoms with Crippen LogP contribution < -0.4 is 5.32 Å². The summed E-state index contributed by atoms with van der Waals surface area (Å²) in [5, 5.41) is 12.0. The molecule has 6 heteroatoms. The van der Waals surface area contributed by atoms with Crippen LogP contribution in [0.25, 0.3) is 0 Å². The largest absolute Gasteiger partial charge is 0.481 e. The van der Waals surface area contributed by atoms with E-state index in [4.69, 9.17) is 16.7 Å². The van der Waals surface area contributed by atoms with Gasteiger partial charge in [-0.1, -0.05) is 18.0 Å². The molecule has 1 saturated carbocycles. The summed E-state index contributed by atoms with van der Waals surface area (Å²) >= 11 is 5.88. The van der Waals surface area contributed by atoms with Crippen LogP contribution in [-0.2, 0) is 4.79 Å². The lowest BCUT2D eigenvalue weighted by Crippen LogP contribution is -2.43. The van der Waals surface area contributed by atoms with Gasteiger partial charge in [0, 0.05) is 18.9 Å². The van der Waals surface area contributed by atoms with Gasteiger partial charge in [-0.2, -0.15) is 0 Å². The van der Waals surface area contributed by atoms with Crippen LogP contribution in [0.4, 0.5) is 0 Å². The van der Waals surface area contributed by atoms with E-state index in [1.54, 1.807) is 6.07 Å². The van der Waals surface area contributed by atoms with Crippen molar-refractivity contribution in [3.05, 3.63) is 29.0 Å². The SMILES string of the molecule is O=C(O)CC1(CNC(=O)c2ccncc2Cl)CCC1. The Morgan fingerprint density at radius 2 is 2.21 bits per heavy atom. The molecule has 1 aromatic heterocycles. The maximum atomic E-state index is 12.0. The standard InChI is InChI=1S/C13H15ClN2O3/c14-10-7-15-5-2-9(10)12(19)16-8-13(3-1-4-13)6-11(17)18/h2,5,7H,1,3-4,6,8H2,(H,16,19)(H,17,18). The minimum absolute atomic E-state index is 0.0946. The third-order valence-electron chi connectivity index (χ3n) is 3.58. The van der Waals surface area contributed by atoms with Gasteiger partial charge < -0.3 is 10.4 Å². The molecule has 19 heavy (non-hydrogen) atoms. The Balaban J connectivity index is 1.97. The van der Waals surface area contributed by atoms with Crippen LogP contribution in [0, 0.1) is 5.41 Å². The normalized spacial score (nSPS) is 16.5. The topological polar surface area (TPSA) is 79.3 Å². The van der Waals surface area contributed by atoms with Crippen molar-refractivity contribution >= 4 is 23.5 Å². The van der Waals surface area contributed by atoms with Crippen molar-refractivity contribution in [3.63, 3.8) is 0 Å². The van der Waals surface area contributed by atoms with E-state index in [-0.39, 0.29) is 17.7 Å². The summed E-state index contributed by atoms with van der Waals surface area (Å²) in [5.41, 5.74) is 0.0718. The molecule has 2 rings (SSSR count). The van der Waals surface area contributed by atoms with Gasteiger partial charge in [-0.3, -0.25) is 14.6 Å². The Morgan fingerprint density at radius 3 is 2.74 bits per heavy atom. The average Bonchev–Trinajstić information content (AvgIpc) is 2.32. The molecule has 1 aromatic rings. The molecule has 0 bridgehead atoms. The van der Waals surface area contributed by atoms with Crippen molar-refractivity contribution in [1.82, 2.24) is 10.3 Å². The van der Waals surface area contributed by atoms with Crippen molar-refractivity contribution in [2.45, 2.75) is 25.7 Å². The summed E-state index contributed by atoms with van der Waals surface area (Å²) < 4.78 is 0. The zero-order valence-corrected chi connectivity index (χ0v) is 11.1. The van der Waals surface area contributed by atoms with E-state index in [0.717, 1.165) is 19.3 Å². The number of amides is 1. The van der Waals surface area contributed by atoms with Crippen LogP contribution in [-0.4, -0.2) is 28.5 Å². The fraction of sp³-hybridized carbons (Fsp3) is 0.462. The number of pyridine rings is 1. The number of carboxylic acid groups (broad SMARTS) is 1. The van der Waals surface area contributed by atoms with E-state index in [9.17, 15) is 9.59 Å². The van der Waals surface area contributed by atoms with Gasteiger partial charge >= 0.3 is 5.97 Å². The number of aromatic nitrogens is 1. The maximum Gasteiger partial charge on any atom is 0.303 e. The lowest BCUT2D eigenvalue weighted by Gasteiger charge is -2.40. The second kappa shape index (κ2) is 5.57. The van der Waals surface area contributed by atoms with Gasteiger partial charge in [0.2, 0.25) is 0 Å². The number of carbonyl (C=O) groups is 2. The van der Waals surface area contributed by atoms with Crippen molar-refractivity contribution in [2.24, 2.45) is 5.41 Å². The second-order valence-electron chi connectivity index (χ2n) is 4.96. The molecule has 0 unspecified atom stereocenters. The van der Waals surface area contributed by atoms with Gasteiger partial charge in [0.05, 0.1) is 17.0 Å². The molecular weight excluding hydrogens is 268 g/mol. The molecule has 2 N–H and O–H groups in total. The number of carbonyl (C=O) groups excluding carboxylic acids is 1. The van der Waals surface area contributed by atoms with Crippen LogP contribution in [0.5, 0.6) is 0 Å². The molecule has 0 aliphatic heterocycles. The lowest BCUT2D eigenvalue weighted by atomic mass is 9.66. The van der Waals surface area contributed by atoms with Crippen LogP contribution in [0.3, 0.4) is 0 Å². The number of halogens is 1. The van der Waals surface area contributed by atoms with Crippen LogP contribution in [0.1, 0.15) is 36.0 Å². The molecule has 0 atom stereocenters. The third-order valence-corrected chi connectivity index (χ3v) is 3.88. The summed E-state index contributed by atoms with van der Waals surface area (Å²) in [7, 11) is 0. The highest BCUT2D eigenvalue weighted by Crippen LogP contribution is 2.43. The number of nitrogens with one attached hydrogen (secondary N) is 1. The molecule has 1 fully saturated rings. The second-order valence-corrected chi connectivity index (χ2v) is 5.37.